The van der Waals surface area contributed by atoms with E-state index in [1.807, 2.05) is 55.7 Å². The Hall–Kier alpha value is -5.36. The monoisotopic (exact) mass is 596 g/mol. The first-order valence-corrected chi connectivity index (χ1v) is 14.2. The standard InChI is InChI=1S/C31H28N6O5S/c1-18(23-12-11-22(41-4)15-26(23)38)34-36-25(20-10-13-27-24(14-20)32-28(39)16-42-27)17-43-31(36)33-29-19(2)35(3)37(30(29)40)21-8-6-5-7-9-21/h5-15,17,38H,16H2,1-4H3,(H,32,39). The summed E-state index contributed by atoms with van der Waals surface area (Å²) in [5, 5.41) is 20.3. The van der Waals surface area contributed by atoms with Crippen LogP contribution in [0, 0.1) is 6.92 Å². The maximum Gasteiger partial charge on any atom is 0.297 e. The molecule has 12 heteroatoms. The summed E-state index contributed by atoms with van der Waals surface area (Å²) in [5.74, 6) is 0.854. The number of hydrogen-bond donors (Lipinski definition) is 2. The smallest absolute Gasteiger partial charge is 0.297 e. The molecule has 0 fully saturated rings. The predicted octanol–water partition coefficient (Wildman–Crippen LogP) is 4.56. The van der Waals surface area contributed by atoms with E-state index in [1.165, 1.54) is 24.5 Å². The van der Waals surface area contributed by atoms with Gasteiger partial charge in [0.1, 0.15) is 17.2 Å². The van der Waals surface area contributed by atoms with Crippen molar-refractivity contribution in [3.05, 3.63) is 98.5 Å². The van der Waals surface area contributed by atoms with E-state index in [0.29, 0.717) is 44.7 Å². The highest BCUT2D eigenvalue weighted by Gasteiger charge is 2.20. The minimum atomic E-state index is -0.269. The number of ether oxygens (including phenoxy) is 2. The fourth-order valence-corrected chi connectivity index (χ4v) is 5.68. The Morgan fingerprint density at radius 3 is 2.63 bits per heavy atom. The third-order valence-electron chi connectivity index (χ3n) is 7.17. The summed E-state index contributed by atoms with van der Waals surface area (Å²) in [6, 6.07) is 19.8. The van der Waals surface area contributed by atoms with Crippen molar-refractivity contribution in [2.75, 3.05) is 19.0 Å². The lowest BCUT2D eigenvalue weighted by Crippen LogP contribution is -2.25. The maximum absolute atomic E-state index is 13.7. The first-order valence-electron chi connectivity index (χ1n) is 13.3. The Labute approximate surface area is 250 Å². The molecule has 0 saturated carbocycles. The number of carbonyl (C=O) groups excluding carboxylic acids is 1. The van der Waals surface area contributed by atoms with Gasteiger partial charge in [-0.15, -0.1) is 11.3 Å². The number of methoxy groups -OCH3 is 1. The number of phenolic OH excluding ortho intramolecular Hbond substituents is 1. The van der Waals surface area contributed by atoms with Crippen molar-refractivity contribution in [1.29, 1.82) is 0 Å². The van der Waals surface area contributed by atoms with E-state index in [-0.39, 0.29) is 29.5 Å². The zero-order valence-electron chi connectivity index (χ0n) is 23.9. The van der Waals surface area contributed by atoms with E-state index in [1.54, 1.807) is 45.2 Å². The molecule has 2 aromatic heterocycles. The molecule has 0 atom stereocenters. The molecule has 3 heterocycles. The van der Waals surface area contributed by atoms with Gasteiger partial charge < -0.3 is 19.9 Å². The molecule has 0 spiro atoms. The number of nitrogens with one attached hydrogen (secondary N) is 1. The number of phenols is 1. The van der Waals surface area contributed by atoms with Gasteiger partial charge >= 0.3 is 0 Å². The first-order chi connectivity index (χ1) is 20.7. The van der Waals surface area contributed by atoms with Gasteiger partial charge in [-0.2, -0.15) is 5.10 Å². The summed E-state index contributed by atoms with van der Waals surface area (Å²) in [6.07, 6.45) is 0. The Morgan fingerprint density at radius 2 is 1.88 bits per heavy atom. The second-order valence-corrected chi connectivity index (χ2v) is 10.7. The van der Waals surface area contributed by atoms with Crippen molar-refractivity contribution in [1.82, 2.24) is 14.0 Å². The van der Waals surface area contributed by atoms with Gasteiger partial charge in [0.2, 0.25) is 4.80 Å². The van der Waals surface area contributed by atoms with Crippen LogP contribution in [-0.4, -0.2) is 44.5 Å². The van der Waals surface area contributed by atoms with Gasteiger partial charge in [-0.3, -0.25) is 14.3 Å². The number of carbonyl (C=O) groups is 1. The summed E-state index contributed by atoms with van der Waals surface area (Å²) in [6.45, 7) is 3.57. The number of rotatable bonds is 6. The van der Waals surface area contributed by atoms with Gasteiger partial charge in [0.25, 0.3) is 11.5 Å². The highest BCUT2D eigenvalue weighted by atomic mass is 32.1. The van der Waals surface area contributed by atoms with E-state index in [2.05, 4.69) is 5.32 Å². The average molecular weight is 597 g/mol. The summed E-state index contributed by atoms with van der Waals surface area (Å²) < 4.78 is 15.7. The van der Waals surface area contributed by atoms with Crippen LogP contribution in [0.5, 0.6) is 17.2 Å². The first kappa shape index (κ1) is 27.8. The van der Waals surface area contributed by atoms with Gasteiger partial charge in [-0.25, -0.2) is 14.4 Å². The molecule has 0 unspecified atom stereocenters. The van der Waals surface area contributed by atoms with Crippen LogP contribution in [0.15, 0.2) is 87.0 Å². The number of thiazole rings is 1. The molecule has 0 bridgehead atoms. The number of amides is 1. The van der Waals surface area contributed by atoms with Crippen LogP contribution in [0.25, 0.3) is 16.9 Å². The lowest BCUT2D eigenvalue weighted by Gasteiger charge is -2.18. The minimum absolute atomic E-state index is 0.00904. The van der Waals surface area contributed by atoms with Crippen LogP contribution in [0.2, 0.25) is 0 Å². The molecule has 5 aromatic rings. The maximum atomic E-state index is 13.7. The molecule has 0 aliphatic carbocycles. The Balaban J connectivity index is 1.55. The third-order valence-corrected chi connectivity index (χ3v) is 7.99. The zero-order valence-corrected chi connectivity index (χ0v) is 24.7. The average Bonchev–Trinajstić information content (AvgIpc) is 3.49. The Bertz CT molecular complexity index is 2030. The summed E-state index contributed by atoms with van der Waals surface area (Å²) in [4.78, 5) is 30.9. The van der Waals surface area contributed by atoms with Crippen molar-refractivity contribution in [2.45, 2.75) is 13.8 Å². The Kier molecular flexibility index (Phi) is 7.20. The van der Waals surface area contributed by atoms with Crippen LogP contribution >= 0.6 is 11.3 Å². The summed E-state index contributed by atoms with van der Waals surface area (Å²) >= 11 is 1.31. The van der Waals surface area contributed by atoms with Crippen LogP contribution in [0.4, 0.5) is 11.4 Å². The van der Waals surface area contributed by atoms with Gasteiger partial charge in [0.15, 0.2) is 12.3 Å². The number of benzene rings is 3. The molecule has 6 rings (SSSR count). The molecule has 2 N–H and O–H groups in total. The molecule has 11 nitrogen and oxygen atoms in total. The van der Waals surface area contributed by atoms with Gasteiger partial charge in [-0.1, -0.05) is 18.2 Å². The van der Waals surface area contributed by atoms with E-state index in [9.17, 15) is 14.7 Å². The molecule has 0 radical (unpaired) electrons. The summed E-state index contributed by atoms with van der Waals surface area (Å²) in [5.41, 5.74) is 4.36. The third kappa shape index (κ3) is 5.12. The lowest BCUT2D eigenvalue weighted by atomic mass is 10.1. The van der Waals surface area contributed by atoms with E-state index < -0.39 is 0 Å². The van der Waals surface area contributed by atoms with Crippen molar-refractivity contribution >= 4 is 34.3 Å². The highest BCUT2D eigenvalue weighted by Crippen LogP contribution is 2.33. The molecular formula is C31H28N6O5S. The van der Waals surface area contributed by atoms with Crippen LogP contribution < -0.4 is 25.2 Å². The van der Waals surface area contributed by atoms with Gasteiger partial charge in [-0.05, 0) is 56.3 Å². The molecule has 1 aliphatic heterocycles. The molecular weight excluding hydrogens is 568 g/mol. The van der Waals surface area contributed by atoms with Crippen LogP contribution in [-0.2, 0) is 11.8 Å². The molecule has 1 aliphatic rings. The number of nitrogens with zero attached hydrogens (tertiary/aromatic N) is 5. The van der Waals surface area contributed by atoms with Gasteiger partial charge in [0, 0.05) is 29.6 Å². The normalized spacial score (nSPS) is 13.4. The second kappa shape index (κ2) is 11.1. The van der Waals surface area contributed by atoms with E-state index in [4.69, 9.17) is 19.6 Å². The predicted molar refractivity (Wildman–Crippen MR) is 165 cm³/mol. The van der Waals surface area contributed by atoms with Crippen molar-refractivity contribution in [3.63, 3.8) is 0 Å². The second-order valence-electron chi connectivity index (χ2n) is 9.85. The number of para-hydroxylation sites is 1. The van der Waals surface area contributed by atoms with Crippen LogP contribution in [0.1, 0.15) is 18.2 Å². The van der Waals surface area contributed by atoms with Crippen molar-refractivity contribution in [2.24, 2.45) is 17.1 Å². The number of aromatic hydroxyl groups is 1. The number of hydrogen-bond acceptors (Lipinski definition) is 8. The largest absolute Gasteiger partial charge is 0.507 e. The molecule has 0 saturated heterocycles. The topological polar surface area (TPSA) is 124 Å². The molecule has 1 amide bonds. The quantitative estimate of drug-likeness (QED) is 0.278. The fraction of sp³-hybridized carbons (Fsp3) is 0.161. The van der Waals surface area contributed by atoms with Crippen molar-refractivity contribution < 1.29 is 19.4 Å². The summed E-state index contributed by atoms with van der Waals surface area (Å²) in [7, 11) is 3.34. The van der Waals surface area contributed by atoms with Crippen LogP contribution in [0.3, 0.4) is 0 Å². The van der Waals surface area contributed by atoms with Gasteiger partial charge in [0.05, 0.1) is 35.6 Å². The lowest BCUT2D eigenvalue weighted by molar-refractivity contribution is -0.118. The molecule has 43 heavy (non-hydrogen) atoms. The minimum Gasteiger partial charge on any atom is -0.507 e. The molecule has 3 aromatic carbocycles. The van der Waals surface area contributed by atoms with E-state index >= 15 is 0 Å². The number of fused-ring (bicyclic) bond motifs is 1. The van der Waals surface area contributed by atoms with Crippen molar-refractivity contribution in [3.8, 4) is 34.2 Å². The SMILES string of the molecule is COc1ccc(C(C)=Nn2c(-c3ccc4c(c3)NC(=O)CO4)csc2=Nc2c(C)n(C)n(-c3ccccc3)c2=O)c(O)c1. The number of aromatic nitrogens is 3. The Morgan fingerprint density at radius 1 is 1.09 bits per heavy atom. The highest BCUT2D eigenvalue weighted by molar-refractivity contribution is 7.07. The van der Waals surface area contributed by atoms with E-state index in [0.717, 1.165) is 11.3 Å². The fourth-order valence-electron chi connectivity index (χ4n) is 4.84. The molecule has 218 valence electrons. The number of anilines is 1. The zero-order chi connectivity index (χ0) is 30.2.